The molecule has 0 aliphatic carbocycles. The number of hydrogen-bond donors (Lipinski definition) is 1. The maximum absolute atomic E-state index is 6.31. The summed E-state index contributed by atoms with van der Waals surface area (Å²) in [5, 5.41) is 0. The first-order valence-electron chi connectivity index (χ1n) is 5.05. The predicted octanol–water partition coefficient (Wildman–Crippen LogP) is 1.93. The zero-order valence-corrected chi connectivity index (χ0v) is 8.31. The van der Waals surface area contributed by atoms with Crippen LogP contribution in [0.2, 0.25) is 0 Å². The molecule has 1 fully saturated rings. The van der Waals surface area contributed by atoms with Gasteiger partial charge in [0, 0.05) is 18.8 Å². The summed E-state index contributed by atoms with van der Waals surface area (Å²) >= 11 is 0. The highest BCUT2D eigenvalue weighted by Gasteiger charge is 2.32. The van der Waals surface area contributed by atoms with Crippen molar-refractivity contribution >= 4 is 0 Å². The molecular weight excluding hydrogens is 150 g/mol. The fourth-order valence-corrected chi connectivity index (χ4v) is 1.96. The average molecular weight is 171 g/mol. The van der Waals surface area contributed by atoms with Crippen LogP contribution in [0.3, 0.4) is 0 Å². The normalized spacial score (nSPS) is 25.2. The zero-order chi connectivity index (χ0) is 9.03. The Bertz CT molecular complexity index is 130. The highest BCUT2D eigenvalue weighted by atomic mass is 16.5. The SMILES string of the molecule is CCCC(C)C1(N)CCOCC1. The van der Waals surface area contributed by atoms with Crippen LogP contribution < -0.4 is 5.73 Å². The second kappa shape index (κ2) is 4.24. The molecule has 1 rings (SSSR count). The molecule has 0 amide bonds. The summed E-state index contributed by atoms with van der Waals surface area (Å²) in [4.78, 5) is 0. The highest BCUT2D eigenvalue weighted by molar-refractivity contribution is 4.90. The van der Waals surface area contributed by atoms with Gasteiger partial charge in [-0.15, -0.1) is 0 Å². The van der Waals surface area contributed by atoms with Crippen molar-refractivity contribution in [3.63, 3.8) is 0 Å². The van der Waals surface area contributed by atoms with Crippen molar-refractivity contribution < 1.29 is 4.74 Å². The van der Waals surface area contributed by atoms with E-state index in [4.69, 9.17) is 10.5 Å². The molecule has 2 nitrogen and oxygen atoms in total. The van der Waals surface area contributed by atoms with Crippen LogP contribution in [-0.4, -0.2) is 18.8 Å². The van der Waals surface area contributed by atoms with Crippen LogP contribution in [0.4, 0.5) is 0 Å². The topological polar surface area (TPSA) is 35.2 Å². The lowest BCUT2D eigenvalue weighted by Crippen LogP contribution is -2.50. The molecule has 0 bridgehead atoms. The smallest absolute Gasteiger partial charge is 0.0483 e. The molecule has 1 heterocycles. The monoisotopic (exact) mass is 171 g/mol. The van der Waals surface area contributed by atoms with E-state index in [0.717, 1.165) is 26.1 Å². The van der Waals surface area contributed by atoms with E-state index in [1.54, 1.807) is 0 Å². The Labute approximate surface area is 75.5 Å². The third-order valence-corrected chi connectivity index (χ3v) is 3.13. The number of hydrogen-bond acceptors (Lipinski definition) is 2. The lowest BCUT2D eigenvalue weighted by Gasteiger charge is -2.38. The molecule has 72 valence electrons. The van der Waals surface area contributed by atoms with E-state index >= 15 is 0 Å². The van der Waals surface area contributed by atoms with Crippen LogP contribution in [0.1, 0.15) is 39.5 Å². The van der Waals surface area contributed by atoms with Crippen molar-refractivity contribution in [1.29, 1.82) is 0 Å². The van der Waals surface area contributed by atoms with Gasteiger partial charge in [0.15, 0.2) is 0 Å². The summed E-state index contributed by atoms with van der Waals surface area (Å²) in [5.41, 5.74) is 6.37. The largest absolute Gasteiger partial charge is 0.381 e. The molecule has 12 heavy (non-hydrogen) atoms. The molecule has 1 aliphatic rings. The third kappa shape index (κ3) is 2.20. The molecule has 1 saturated heterocycles. The van der Waals surface area contributed by atoms with Crippen molar-refractivity contribution in [2.45, 2.75) is 45.1 Å². The minimum absolute atomic E-state index is 0.0638. The molecule has 0 radical (unpaired) electrons. The molecular formula is C10H21NO. The average Bonchev–Trinajstić information content (AvgIpc) is 2.06. The summed E-state index contributed by atoms with van der Waals surface area (Å²) in [6.07, 6.45) is 4.56. The first-order valence-corrected chi connectivity index (χ1v) is 5.05. The Kier molecular flexibility index (Phi) is 3.53. The Hall–Kier alpha value is -0.0800. The maximum Gasteiger partial charge on any atom is 0.0483 e. The van der Waals surface area contributed by atoms with Crippen LogP contribution in [-0.2, 0) is 4.74 Å². The molecule has 2 heteroatoms. The molecule has 1 atom stereocenters. The van der Waals surface area contributed by atoms with E-state index in [1.165, 1.54) is 12.8 Å². The van der Waals surface area contributed by atoms with E-state index in [2.05, 4.69) is 13.8 Å². The molecule has 1 unspecified atom stereocenters. The summed E-state index contributed by atoms with van der Waals surface area (Å²) in [6, 6.07) is 0. The van der Waals surface area contributed by atoms with Crippen LogP contribution in [0, 0.1) is 5.92 Å². The summed E-state index contributed by atoms with van der Waals surface area (Å²) in [6.45, 7) is 6.20. The quantitative estimate of drug-likeness (QED) is 0.704. The maximum atomic E-state index is 6.31. The first kappa shape index (κ1) is 10.0. The van der Waals surface area contributed by atoms with E-state index in [9.17, 15) is 0 Å². The Morgan fingerprint density at radius 3 is 2.50 bits per heavy atom. The fourth-order valence-electron chi connectivity index (χ4n) is 1.96. The van der Waals surface area contributed by atoms with Crippen LogP contribution in [0.15, 0.2) is 0 Å². The van der Waals surface area contributed by atoms with Crippen molar-refractivity contribution in [1.82, 2.24) is 0 Å². The van der Waals surface area contributed by atoms with Gasteiger partial charge in [-0.3, -0.25) is 0 Å². The zero-order valence-electron chi connectivity index (χ0n) is 8.31. The molecule has 0 saturated carbocycles. The minimum atomic E-state index is 0.0638. The lowest BCUT2D eigenvalue weighted by atomic mass is 9.77. The van der Waals surface area contributed by atoms with Gasteiger partial charge in [0.2, 0.25) is 0 Å². The predicted molar refractivity (Wildman–Crippen MR) is 51.0 cm³/mol. The number of rotatable bonds is 3. The van der Waals surface area contributed by atoms with Gasteiger partial charge in [0.05, 0.1) is 0 Å². The Morgan fingerprint density at radius 2 is 2.00 bits per heavy atom. The van der Waals surface area contributed by atoms with Gasteiger partial charge in [-0.1, -0.05) is 20.3 Å². The van der Waals surface area contributed by atoms with Crippen LogP contribution >= 0.6 is 0 Å². The van der Waals surface area contributed by atoms with Crippen molar-refractivity contribution in [3.8, 4) is 0 Å². The highest BCUT2D eigenvalue weighted by Crippen LogP contribution is 2.28. The Balaban J connectivity index is 2.44. The fraction of sp³-hybridized carbons (Fsp3) is 1.00. The molecule has 0 aromatic rings. The van der Waals surface area contributed by atoms with Crippen molar-refractivity contribution in [2.24, 2.45) is 11.7 Å². The standard InChI is InChI=1S/C10H21NO/c1-3-4-9(2)10(11)5-7-12-8-6-10/h9H,3-8,11H2,1-2H3. The van der Waals surface area contributed by atoms with Crippen molar-refractivity contribution in [3.05, 3.63) is 0 Å². The van der Waals surface area contributed by atoms with Gasteiger partial charge >= 0.3 is 0 Å². The third-order valence-electron chi connectivity index (χ3n) is 3.13. The number of ether oxygens (including phenoxy) is 1. The molecule has 0 spiro atoms. The second-order valence-electron chi connectivity index (χ2n) is 4.04. The van der Waals surface area contributed by atoms with Gasteiger partial charge in [-0.2, -0.15) is 0 Å². The van der Waals surface area contributed by atoms with Gasteiger partial charge in [0.1, 0.15) is 0 Å². The second-order valence-corrected chi connectivity index (χ2v) is 4.04. The Morgan fingerprint density at radius 1 is 1.42 bits per heavy atom. The van der Waals surface area contributed by atoms with Crippen LogP contribution in [0.5, 0.6) is 0 Å². The van der Waals surface area contributed by atoms with Crippen LogP contribution in [0.25, 0.3) is 0 Å². The van der Waals surface area contributed by atoms with Gasteiger partial charge in [0.25, 0.3) is 0 Å². The summed E-state index contributed by atoms with van der Waals surface area (Å²) < 4.78 is 5.31. The van der Waals surface area contributed by atoms with E-state index in [-0.39, 0.29) is 5.54 Å². The molecule has 1 aliphatic heterocycles. The van der Waals surface area contributed by atoms with Gasteiger partial charge in [-0.05, 0) is 25.2 Å². The van der Waals surface area contributed by atoms with E-state index < -0.39 is 0 Å². The van der Waals surface area contributed by atoms with Gasteiger partial charge < -0.3 is 10.5 Å². The molecule has 0 aromatic heterocycles. The van der Waals surface area contributed by atoms with Crippen molar-refractivity contribution in [2.75, 3.05) is 13.2 Å². The summed E-state index contributed by atoms with van der Waals surface area (Å²) in [7, 11) is 0. The van der Waals surface area contributed by atoms with Gasteiger partial charge in [-0.25, -0.2) is 0 Å². The molecule has 2 N–H and O–H groups in total. The van der Waals surface area contributed by atoms with E-state index in [0.29, 0.717) is 5.92 Å². The lowest BCUT2D eigenvalue weighted by molar-refractivity contribution is 0.0314. The minimum Gasteiger partial charge on any atom is -0.381 e. The van der Waals surface area contributed by atoms with E-state index in [1.807, 2.05) is 0 Å². The molecule has 0 aromatic carbocycles. The number of nitrogens with two attached hydrogens (primary N) is 1. The summed E-state index contributed by atoms with van der Waals surface area (Å²) in [5.74, 6) is 0.645. The first-order chi connectivity index (χ1) is 5.69.